The summed E-state index contributed by atoms with van der Waals surface area (Å²) in [6.07, 6.45) is 0.00821. The lowest BCUT2D eigenvalue weighted by molar-refractivity contribution is -0.840. The van der Waals surface area contributed by atoms with Crippen molar-refractivity contribution in [3.8, 4) is 0 Å². The third kappa shape index (κ3) is 7.05. The van der Waals surface area contributed by atoms with Gasteiger partial charge in [0.25, 0.3) is 11.6 Å². The van der Waals surface area contributed by atoms with Crippen LogP contribution in [0, 0.1) is 0 Å². The maximum absolute atomic E-state index is 13.2. The summed E-state index contributed by atoms with van der Waals surface area (Å²) >= 11 is 0. The molecule has 2 aliphatic rings. The Morgan fingerprint density at radius 3 is 1.65 bits per heavy atom. The van der Waals surface area contributed by atoms with Gasteiger partial charge in [0.2, 0.25) is 0 Å². The molecular weight excluding hydrogens is 566 g/mol. The van der Waals surface area contributed by atoms with Crippen LogP contribution < -0.4 is 4.72 Å². The Hall–Kier alpha value is -2.13. The normalized spacial score (nSPS) is 21.8. The van der Waals surface area contributed by atoms with E-state index >= 15 is 0 Å². The maximum Gasteiger partial charge on any atom is 0.518 e. The number of sulfonamides is 2. The van der Waals surface area contributed by atoms with Gasteiger partial charge in [0.1, 0.15) is 31.9 Å². The van der Waals surface area contributed by atoms with E-state index in [4.69, 9.17) is 9.47 Å². The number of quaternary nitrogens is 2. The van der Waals surface area contributed by atoms with Crippen molar-refractivity contribution in [1.82, 2.24) is 4.72 Å². The quantitative estimate of drug-likeness (QED) is 0.110. The predicted molar refractivity (Wildman–Crippen MR) is 112 cm³/mol. The number of morpholine rings is 2. The van der Waals surface area contributed by atoms with Gasteiger partial charge in [-0.2, -0.15) is 43.2 Å². The summed E-state index contributed by atoms with van der Waals surface area (Å²) in [5, 5.41) is 0. The molecule has 2 fully saturated rings. The molecule has 12 nitrogen and oxygen atoms in total. The molecule has 2 aliphatic heterocycles. The monoisotopic (exact) mass is 590 g/mol. The largest absolute Gasteiger partial charge is 0.518 e. The van der Waals surface area contributed by atoms with Crippen LogP contribution in [0.15, 0.2) is 16.2 Å². The van der Waals surface area contributed by atoms with E-state index in [0.717, 1.165) is 11.8 Å². The van der Waals surface area contributed by atoms with Gasteiger partial charge >= 0.3 is 37.0 Å². The zero-order chi connectivity index (χ0) is 28.5. The summed E-state index contributed by atoms with van der Waals surface area (Å²) in [5.41, 5.74) is -13.6. The molecule has 0 radical (unpaired) electrons. The minimum absolute atomic E-state index is 0.00821. The number of rotatable bonds is 6. The molecule has 0 atom stereocenters. The first-order valence-corrected chi connectivity index (χ1v) is 13.2. The molecule has 0 saturated carbocycles. The minimum Gasteiger partial charge on any atom is -0.370 e. The molecule has 0 aromatic carbocycles. The van der Waals surface area contributed by atoms with E-state index < -0.39 is 63.3 Å². The van der Waals surface area contributed by atoms with Gasteiger partial charge in [0, 0.05) is 6.08 Å². The van der Waals surface area contributed by atoms with Crippen molar-refractivity contribution in [2.24, 2.45) is 4.40 Å². The summed E-state index contributed by atoms with van der Waals surface area (Å²) < 4.78 is 139. The Morgan fingerprint density at radius 2 is 1.24 bits per heavy atom. The second-order valence-electron chi connectivity index (χ2n) is 8.53. The van der Waals surface area contributed by atoms with E-state index in [0.29, 0.717) is 0 Å². The van der Waals surface area contributed by atoms with Crippen LogP contribution in [0.2, 0.25) is 0 Å². The lowest BCUT2D eigenvalue weighted by Crippen LogP contribution is -2.59. The lowest BCUT2D eigenvalue weighted by atomic mass is 10.2. The zero-order valence-corrected chi connectivity index (χ0v) is 21.1. The van der Waals surface area contributed by atoms with E-state index in [2.05, 4.69) is 4.40 Å². The fourth-order valence-corrected chi connectivity index (χ4v) is 4.49. The first-order valence-electron chi connectivity index (χ1n) is 10.3. The molecule has 0 unspecified atom stereocenters. The van der Waals surface area contributed by atoms with E-state index in [9.17, 15) is 52.8 Å². The van der Waals surface area contributed by atoms with Crippen LogP contribution in [0.3, 0.4) is 0 Å². The second kappa shape index (κ2) is 10.6. The summed E-state index contributed by atoms with van der Waals surface area (Å²) in [5.74, 6) is -4.25. The highest BCUT2D eigenvalue weighted by atomic mass is 32.2. The van der Waals surface area contributed by atoms with E-state index in [-0.39, 0.29) is 58.7 Å². The zero-order valence-electron chi connectivity index (χ0n) is 19.4. The van der Waals surface area contributed by atoms with Crippen molar-refractivity contribution in [2.45, 2.75) is 11.0 Å². The molecule has 1 N–H and O–H groups in total. The van der Waals surface area contributed by atoms with E-state index in [1.165, 1.54) is 7.05 Å². The van der Waals surface area contributed by atoms with Crippen LogP contribution in [-0.2, 0) is 39.1 Å². The molecule has 1 amide bonds. The number of alkyl halides is 6. The average Bonchev–Trinajstić information content (AvgIpc) is 2.75. The number of amides is 1. The van der Waals surface area contributed by atoms with Gasteiger partial charge in [-0.25, -0.2) is 4.79 Å². The lowest BCUT2D eigenvalue weighted by Gasteiger charge is -2.38. The van der Waals surface area contributed by atoms with Gasteiger partial charge in [-0.05, 0) is 0 Å². The van der Waals surface area contributed by atoms with Crippen molar-refractivity contribution in [1.29, 1.82) is 0 Å². The third-order valence-corrected chi connectivity index (χ3v) is 7.79. The summed E-state index contributed by atoms with van der Waals surface area (Å²) in [7, 11) is -10.5. The molecule has 0 aromatic heterocycles. The number of ether oxygens (including phenoxy) is 2. The highest BCUT2D eigenvalue weighted by Gasteiger charge is 2.52. The topological polar surface area (TPSA) is 145 Å². The van der Waals surface area contributed by atoms with Crippen molar-refractivity contribution in [3.05, 3.63) is 11.8 Å². The summed E-state index contributed by atoms with van der Waals surface area (Å²) in [6.45, 7) is -1.25. The summed E-state index contributed by atoms with van der Waals surface area (Å²) in [6, 6.07) is 0. The number of hydrogen-bond donors (Lipinski definition) is 1. The second-order valence-corrected chi connectivity index (χ2v) is 11.8. The first kappa shape index (κ1) is 31.1. The molecule has 20 heteroatoms. The van der Waals surface area contributed by atoms with Crippen LogP contribution >= 0.6 is 0 Å². The van der Waals surface area contributed by atoms with Crippen molar-refractivity contribution >= 4 is 37.6 Å². The number of amidine groups is 1. The predicted octanol–water partition coefficient (Wildman–Crippen LogP) is -0.393. The highest BCUT2D eigenvalue weighted by Crippen LogP contribution is 2.29. The Morgan fingerprint density at radius 1 is 0.811 bits per heavy atom. The van der Waals surface area contributed by atoms with Gasteiger partial charge < -0.3 is 9.47 Å². The molecule has 2 rings (SSSR count). The van der Waals surface area contributed by atoms with Crippen molar-refractivity contribution in [3.63, 3.8) is 0 Å². The number of carbonyl (C=O) groups excluding carboxylic acids is 2. The molecule has 2 saturated heterocycles. The van der Waals surface area contributed by atoms with Gasteiger partial charge in [0.15, 0.2) is 0 Å². The molecule has 0 spiro atoms. The molecule has 0 aromatic rings. The Balaban J connectivity index is 2.78. The summed E-state index contributed by atoms with van der Waals surface area (Å²) in [4.78, 5) is 25.6. The van der Waals surface area contributed by atoms with Crippen LogP contribution in [0.25, 0.3) is 0 Å². The van der Waals surface area contributed by atoms with Crippen LogP contribution in [0.4, 0.5) is 26.3 Å². The van der Waals surface area contributed by atoms with E-state index in [1.54, 1.807) is 0 Å². The average molecular weight is 591 g/mol. The molecule has 0 bridgehead atoms. The third-order valence-electron chi connectivity index (χ3n) is 5.69. The number of nitrogens with one attached hydrogen (secondary N) is 1. The molecule has 212 valence electrons. The smallest absolute Gasteiger partial charge is 0.370 e. The van der Waals surface area contributed by atoms with Gasteiger partial charge in [-0.15, -0.1) is 0 Å². The highest BCUT2D eigenvalue weighted by molar-refractivity contribution is 7.91. The van der Waals surface area contributed by atoms with Gasteiger partial charge in [0.05, 0.1) is 40.5 Å². The standard InChI is InChI=1S/C17H23F6N4O8S2/c1-26(3-7-34-8-4-26)14(25-37(32,33)17(21,22)23)12(24-36(30,31)16(18,19)20)11-13(28)15(29)27(2)5-9-35-10-6-27/h11H,3-10H2,1-2H3/q+1/p+1. The Bertz CT molecular complexity index is 1180. The Labute approximate surface area is 207 Å². The molecular formula is C17H24F6N4O8S2+2. The minimum atomic E-state index is -6.45. The molecule has 2 heterocycles. The number of likely N-dealkylation sites (N-methyl/N-ethyl adjacent to an activating group) is 2. The van der Waals surface area contributed by atoms with Crippen molar-refractivity contribution < 1.29 is 71.2 Å². The first-order chi connectivity index (χ1) is 16.7. The van der Waals surface area contributed by atoms with Crippen molar-refractivity contribution in [2.75, 3.05) is 66.7 Å². The maximum atomic E-state index is 13.2. The fraction of sp³-hybridized carbons (Fsp3) is 0.706. The number of nitrogens with zero attached hydrogens (tertiary/aromatic N) is 3. The number of carbonyl (C=O) groups is 2. The number of hydrogen-bond acceptors (Lipinski definition) is 8. The van der Waals surface area contributed by atoms with Gasteiger partial charge in [-0.1, -0.05) is 4.40 Å². The van der Waals surface area contributed by atoms with E-state index in [1.807, 2.05) is 0 Å². The SMILES string of the molecule is C[N+]1(C(=O)C(=O)C=C(NS(=O)(=O)C(F)(F)F)C(=NS(=O)(=O)C(F)(F)F)[N+]2(C)CCOCC2)CCOCC1. The molecule has 0 aliphatic carbocycles. The number of ketones is 1. The van der Waals surface area contributed by atoms with Crippen LogP contribution in [0.5, 0.6) is 0 Å². The Kier molecular flexibility index (Phi) is 8.87. The van der Waals surface area contributed by atoms with Crippen LogP contribution in [-0.4, -0.2) is 121 Å². The fourth-order valence-electron chi connectivity index (χ4n) is 3.31. The van der Waals surface area contributed by atoms with Gasteiger partial charge in [-0.3, -0.25) is 18.5 Å². The number of halogens is 6. The van der Waals surface area contributed by atoms with Crippen LogP contribution in [0.1, 0.15) is 0 Å². The molecule has 37 heavy (non-hydrogen) atoms.